The molecule has 1 heterocycles. The third-order valence-corrected chi connectivity index (χ3v) is 5.52. The highest BCUT2D eigenvalue weighted by Gasteiger charge is 2.23. The molecular weight excluding hydrogens is 387 g/mol. The monoisotopic (exact) mass is 394 g/mol. The van der Waals surface area contributed by atoms with Crippen LogP contribution in [0.3, 0.4) is 0 Å². The molecule has 0 fully saturated rings. The first-order valence-electron chi connectivity index (χ1n) is 5.38. The van der Waals surface area contributed by atoms with Crippen LogP contribution in [-0.2, 0) is 10.0 Å². The standard InChI is InChI=1S/C11H8BrFN2O4S2/c1-5-7(13)2-6(10(16)17)3-8(5)21(18,19)15-11-14-4-9(12)20-11/h2-4H,1H3,(H,14,15)(H,16,17). The van der Waals surface area contributed by atoms with E-state index in [1.54, 1.807) is 0 Å². The number of hydrogen-bond acceptors (Lipinski definition) is 5. The zero-order valence-electron chi connectivity index (χ0n) is 10.4. The van der Waals surface area contributed by atoms with E-state index in [-0.39, 0.29) is 10.7 Å². The van der Waals surface area contributed by atoms with Crippen LogP contribution in [0.4, 0.5) is 9.52 Å². The Bertz CT molecular complexity index is 820. The van der Waals surface area contributed by atoms with Crippen LogP contribution in [0.2, 0.25) is 0 Å². The number of thiazole rings is 1. The molecule has 2 rings (SSSR count). The molecule has 0 unspecified atom stereocenters. The third kappa shape index (κ3) is 3.39. The van der Waals surface area contributed by atoms with Gasteiger partial charge in [-0.25, -0.2) is 22.6 Å². The van der Waals surface area contributed by atoms with Gasteiger partial charge in [-0.15, -0.1) is 0 Å². The van der Waals surface area contributed by atoms with E-state index in [1.165, 1.54) is 13.1 Å². The summed E-state index contributed by atoms with van der Waals surface area (Å²) < 4.78 is 41.0. The van der Waals surface area contributed by atoms with Gasteiger partial charge in [0, 0.05) is 5.56 Å². The maximum Gasteiger partial charge on any atom is 0.335 e. The average molecular weight is 395 g/mol. The van der Waals surface area contributed by atoms with E-state index < -0.39 is 32.3 Å². The highest BCUT2D eigenvalue weighted by molar-refractivity contribution is 9.11. The summed E-state index contributed by atoms with van der Waals surface area (Å²) in [7, 11) is -4.14. The number of aromatic carboxylic acids is 1. The summed E-state index contributed by atoms with van der Waals surface area (Å²) in [4.78, 5) is 14.3. The van der Waals surface area contributed by atoms with Gasteiger partial charge < -0.3 is 5.11 Å². The molecule has 0 atom stereocenters. The lowest BCUT2D eigenvalue weighted by Crippen LogP contribution is -2.16. The van der Waals surface area contributed by atoms with Gasteiger partial charge in [0.1, 0.15) is 5.82 Å². The molecule has 1 aromatic carbocycles. The SMILES string of the molecule is Cc1c(F)cc(C(=O)O)cc1S(=O)(=O)Nc1ncc(Br)s1. The number of nitrogens with zero attached hydrogens (tertiary/aromatic N) is 1. The number of aromatic nitrogens is 1. The van der Waals surface area contributed by atoms with Gasteiger partial charge >= 0.3 is 5.97 Å². The minimum Gasteiger partial charge on any atom is -0.478 e. The Kier molecular flexibility index (Phi) is 4.30. The zero-order chi connectivity index (χ0) is 15.8. The van der Waals surface area contributed by atoms with Gasteiger partial charge in [-0.1, -0.05) is 11.3 Å². The molecule has 112 valence electrons. The highest BCUT2D eigenvalue weighted by Crippen LogP contribution is 2.27. The Morgan fingerprint density at radius 2 is 2.14 bits per heavy atom. The van der Waals surface area contributed by atoms with Crippen LogP contribution in [0.25, 0.3) is 0 Å². The number of sulfonamides is 1. The molecule has 2 aromatic rings. The Hall–Kier alpha value is -1.52. The number of benzene rings is 1. The smallest absolute Gasteiger partial charge is 0.335 e. The molecular formula is C11H8BrFN2O4S2. The predicted molar refractivity (Wildman–Crippen MR) is 78.7 cm³/mol. The number of rotatable bonds is 4. The Balaban J connectivity index is 2.51. The predicted octanol–water partition coefficient (Wildman–Crippen LogP) is 2.85. The number of nitrogens with one attached hydrogen (secondary N) is 1. The third-order valence-electron chi connectivity index (χ3n) is 2.53. The van der Waals surface area contributed by atoms with Crippen LogP contribution in [0.5, 0.6) is 0 Å². The van der Waals surface area contributed by atoms with E-state index in [0.29, 0.717) is 3.79 Å². The summed E-state index contributed by atoms with van der Waals surface area (Å²) in [5.41, 5.74) is -0.609. The number of anilines is 1. The van der Waals surface area contributed by atoms with E-state index in [4.69, 9.17) is 5.11 Å². The van der Waals surface area contributed by atoms with Crippen molar-refractivity contribution in [1.29, 1.82) is 0 Å². The van der Waals surface area contributed by atoms with E-state index in [2.05, 4.69) is 25.6 Å². The van der Waals surface area contributed by atoms with Crippen molar-refractivity contribution in [3.63, 3.8) is 0 Å². The van der Waals surface area contributed by atoms with Crippen LogP contribution >= 0.6 is 27.3 Å². The molecule has 0 spiro atoms. The average Bonchev–Trinajstić information content (AvgIpc) is 2.76. The highest BCUT2D eigenvalue weighted by atomic mass is 79.9. The molecule has 21 heavy (non-hydrogen) atoms. The Labute approximate surface area is 131 Å². The minimum atomic E-state index is -4.14. The summed E-state index contributed by atoms with van der Waals surface area (Å²) in [5, 5.41) is 8.97. The molecule has 0 saturated heterocycles. The first-order chi connectivity index (χ1) is 9.70. The molecule has 0 saturated carbocycles. The van der Waals surface area contributed by atoms with E-state index >= 15 is 0 Å². The van der Waals surface area contributed by atoms with Crippen molar-refractivity contribution in [2.75, 3.05) is 4.72 Å². The fraction of sp³-hybridized carbons (Fsp3) is 0.0909. The van der Waals surface area contributed by atoms with Gasteiger partial charge in [0.05, 0.1) is 20.4 Å². The van der Waals surface area contributed by atoms with E-state index in [0.717, 1.165) is 23.5 Å². The van der Waals surface area contributed by atoms with E-state index in [9.17, 15) is 17.6 Å². The first kappa shape index (κ1) is 15.9. The van der Waals surface area contributed by atoms with Crippen molar-refractivity contribution >= 4 is 48.4 Å². The molecule has 0 amide bonds. The van der Waals surface area contributed by atoms with Crippen molar-refractivity contribution in [2.24, 2.45) is 0 Å². The van der Waals surface area contributed by atoms with Gasteiger partial charge in [0.25, 0.3) is 10.0 Å². The second kappa shape index (κ2) is 5.70. The lowest BCUT2D eigenvalue weighted by atomic mass is 10.1. The fourth-order valence-corrected chi connectivity index (χ4v) is 4.16. The summed E-state index contributed by atoms with van der Waals surface area (Å²) in [6, 6.07) is 1.68. The molecule has 2 N–H and O–H groups in total. The fourth-order valence-electron chi connectivity index (χ4n) is 1.53. The quantitative estimate of drug-likeness (QED) is 0.830. The van der Waals surface area contributed by atoms with Gasteiger partial charge in [-0.3, -0.25) is 4.72 Å². The summed E-state index contributed by atoms with van der Waals surface area (Å²) in [6.45, 7) is 1.26. The second-order valence-electron chi connectivity index (χ2n) is 3.96. The van der Waals surface area contributed by atoms with E-state index in [1.807, 2.05) is 0 Å². The molecule has 1 aromatic heterocycles. The number of carbonyl (C=O) groups is 1. The summed E-state index contributed by atoms with van der Waals surface area (Å²) in [5.74, 6) is -2.32. The molecule has 0 bridgehead atoms. The zero-order valence-corrected chi connectivity index (χ0v) is 13.6. The Morgan fingerprint density at radius 3 is 2.67 bits per heavy atom. The van der Waals surface area contributed by atoms with Gasteiger partial charge in [0.2, 0.25) is 0 Å². The van der Waals surface area contributed by atoms with Crippen molar-refractivity contribution in [3.8, 4) is 0 Å². The lowest BCUT2D eigenvalue weighted by Gasteiger charge is -2.10. The second-order valence-corrected chi connectivity index (χ2v) is 8.02. The molecule has 0 radical (unpaired) electrons. The maximum atomic E-state index is 13.7. The van der Waals surface area contributed by atoms with Crippen molar-refractivity contribution in [1.82, 2.24) is 4.98 Å². The van der Waals surface area contributed by atoms with Crippen molar-refractivity contribution < 1.29 is 22.7 Å². The van der Waals surface area contributed by atoms with Crippen molar-refractivity contribution in [3.05, 3.63) is 39.1 Å². The van der Waals surface area contributed by atoms with Crippen LogP contribution in [0, 0.1) is 12.7 Å². The lowest BCUT2D eigenvalue weighted by molar-refractivity contribution is 0.0696. The topological polar surface area (TPSA) is 96.4 Å². The normalized spacial score (nSPS) is 11.4. The number of carboxylic acid groups (broad SMARTS) is 1. The summed E-state index contributed by atoms with van der Waals surface area (Å²) in [6.07, 6.45) is 1.41. The molecule has 0 aliphatic rings. The number of carboxylic acids is 1. The largest absolute Gasteiger partial charge is 0.478 e. The first-order valence-corrected chi connectivity index (χ1v) is 8.47. The van der Waals surface area contributed by atoms with Crippen LogP contribution < -0.4 is 4.72 Å². The van der Waals surface area contributed by atoms with Gasteiger partial charge in [-0.05, 0) is 35.0 Å². The molecule has 10 heteroatoms. The number of hydrogen-bond donors (Lipinski definition) is 2. The molecule has 0 aliphatic carbocycles. The molecule has 0 aliphatic heterocycles. The van der Waals surface area contributed by atoms with Crippen LogP contribution in [-0.4, -0.2) is 24.5 Å². The van der Waals surface area contributed by atoms with Crippen LogP contribution in [0.1, 0.15) is 15.9 Å². The van der Waals surface area contributed by atoms with Gasteiger partial charge in [0.15, 0.2) is 5.13 Å². The number of halogens is 2. The van der Waals surface area contributed by atoms with Gasteiger partial charge in [-0.2, -0.15) is 0 Å². The molecule has 6 nitrogen and oxygen atoms in total. The summed E-state index contributed by atoms with van der Waals surface area (Å²) >= 11 is 4.17. The van der Waals surface area contributed by atoms with Crippen LogP contribution in [0.15, 0.2) is 27.0 Å². The van der Waals surface area contributed by atoms with Crippen molar-refractivity contribution in [2.45, 2.75) is 11.8 Å². The Morgan fingerprint density at radius 1 is 1.48 bits per heavy atom. The maximum absolute atomic E-state index is 13.7. The minimum absolute atomic E-state index is 0.0856.